The Morgan fingerprint density at radius 3 is 2.81 bits per heavy atom. The SMILES string of the molecule is CC1(N2CCC(NC3CC3)C2)CCCOC1. The Bertz CT molecular complexity index is 246. The van der Waals surface area contributed by atoms with Crippen LogP contribution < -0.4 is 5.32 Å². The number of rotatable bonds is 3. The van der Waals surface area contributed by atoms with E-state index in [1.54, 1.807) is 0 Å². The lowest BCUT2D eigenvalue weighted by Gasteiger charge is -2.41. The maximum absolute atomic E-state index is 5.66. The van der Waals surface area contributed by atoms with Gasteiger partial charge in [-0.05, 0) is 39.0 Å². The summed E-state index contributed by atoms with van der Waals surface area (Å²) in [5, 5.41) is 3.76. The van der Waals surface area contributed by atoms with Gasteiger partial charge < -0.3 is 10.1 Å². The van der Waals surface area contributed by atoms with E-state index in [0.717, 1.165) is 25.3 Å². The molecule has 1 N–H and O–H groups in total. The number of ether oxygens (including phenoxy) is 1. The van der Waals surface area contributed by atoms with E-state index in [4.69, 9.17) is 4.74 Å². The molecule has 1 aliphatic carbocycles. The molecule has 2 aliphatic heterocycles. The summed E-state index contributed by atoms with van der Waals surface area (Å²) in [5.41, 5.74) is 0.318. The minimum Gasteiger partial charge on any atom is -0.380 e. The Morgan fingerprint density at radius 1 is 1.25 bits per heavy atom. The Morgan fingerprint density at radius 2 is 2.12 bits per heavy atom. The first-order valence-electron chi connectivity index (χ1n) is 6.85. The lowest BCUT2D eigenvalue weighted by molar-refractivity contribution is -0.0308. The van der Waals surface area contributed by atoms with Crippen molar-refractivity contribution in [1.29, 1.82) is 0 Å². The van der Waals surface area contributed by atoms with Gasteiger partial charge in [-0.3, -0.25) is 4.90 Å². The Labute approximate surface area is 98.5 Å². The van der Waals surface area contributed by atoms with Gasteiger partial charge in [-0.2, -0.15) is 0 Å². The van der Waals surface area contributed by atoms with E-state index in [1.165, 1.54) is 45.2 Å². The van der Waals surface area contributed by atoms with Gasteiger partial charge in [0, 0.05) is 37.3 Å². The van der Waals surface area contributed by atoms with Crippen molar-refractivity contribution in [3.63, 3.8) is 0 Å². The Balaban J connectivity index is 1.54. The molecule has 16 heavy (non-hydrogen) atoms. The van der Waals surface area contributed by atoms with Gasteiger partial charge >= 0.3 is 0 Å². The first-order valence-corrected chi connectivity index (χ1v) is 6.85. The number of nitrogens with one attached hydrogen (secondary N) is 1. The van der Waals surface area contributed by atoms with Gasteiger partial charge in [-0.1, -0.05) is 0 Å². The first kappa shape index (κ1) is 11.0. The molecule has 92 valence electrons. The quantitative estimate of drug-likeness (QED) is 0.784. The van der Waals surface area contributed by atoms with Crippen LogP contribution in [0.25, 0.3) is 0 Å². The van der Waals surface area contributed by atoms with E-state index in [0.29, 0.717) is 5.54 Å². The van der Waals surface area contributed by atoms with Crippen LogP contribution >= 0.6 is 0 Å². The topological polar surface area (TPSA) is 24.5 Å². The average Bonchev–Trinajstić information content (AvgIpc) is 2.95. The molecule has 2 unspecified atom stereocenters. The molecular formula is C13H24N2O. The zero-order valence-corrected chi connectivity index (χ0v) is 10.4. The van der Waals surface area contributed by atoms with Gasteiger partial charge in [0.15, 0.2) is 0 Å². The van der Waals surface area contributed by atoms with E-state index in [2.05, 4.69) is 17.1 Å². The molecule has 2 saturated heterocycles. The molecule has 0 amide bonds. The lowest BCUT2D eigenvalue weighted by Crippen LogP contribution is -2.51. The molecule has 0 aromatic rings. The summed E-state index contributed by atoms with van der Waals surface area (Å²) < 4.78 is 5.66. The molecule has 3 heteroatoms. The van der Waals surface area contributed by atoms with Gasteiger partial charge in [0.1, 0.15) is 0 Å². The van der Waals surface area contributed by atoms with E-state index >= 15 is 0 Å². The van der Waals surface area contributed by atoms with Crippen molar-refractivity contribution in [3.05, 3.63) is 0 Å². The van der Waals surface area contributed by atoms with Crippen molar-refractivity contribution in [3.8, 4) is 0 Å². The van der Waals surface area contributed by atoms with Crippen molar-refractivity contribution in [1.82, 2.24) is 10.2 Å². The number of hydrogen-bond donors (Lipinski definition) is 1. The average molecular weight is 224 g/mol. The van der Waals surface area contributed by atoms with Crippen molar-refractivity contribution in [2.75, 3.05) is 26.3 Å². The fourth-order valence-electron chi connectivity index (χ4n) is 3.14. The van der Waals surface area contributed by atoms with Crippen molar-refractivity contribution in [2.24, 2.45) is 0 Å². The Hall–Kier alpha value is -0.120. The molecule has 3 nitrogen and oxygen atoms in total. The molecule has 3 fully saturated rings. The molecule has 0 aromatic heterocycles. The molecule has 0 spiro atoms. The summed E-state index contributed by atoms with van der Waals surface area (Å²) in [7, 11) is 0. The highest BCUT2D eigenvalue weighted by Crippen LogP contribution is 2.30. The van der Waals surface area contributed by atoms with E-state index in [9.17, 15) is 0 Å². The molecule has 0 aromatic carbocycles. The molecule has 0 bridgehead atoms. The summed E-state index contributed by atoms with van der Waals surface area (Å²) >= 11 is 0. The number of likely N-dealkylation sites (tertiary alicyclic amines) is 1. The van der Waals surface area contributed by atoms with Crippen LogP contribution in [0.5, 0.6) is 0 Å². The molecule has 2 heterocycles. The van der Waals surface area contributed by atoms with Gasteiger partial charge in [-0.25, -0.2) is 0 Å². The van der Waals surface area contributed by atoms with Crippen LogP contribution in [0, 0.1) is 0 Å². The maximum Gasteiger partial charge on any atom is 0.0647 e. The Kier molecular flexibility index (Phi) is 2.94. The second kappa shape index (κ2) is 4.28. The van der Waals surface area contributed by atoms with E-state index < -0.39 is 0 Å². The summed E-state index contributed by atoms with van der Waals surface area (Å²) in [5.74, 6) is 0. The minimum atomic E-state index is 0.318. The largest absolute Gasteiger partial charge is 0.380 e. The highest BCUT2D eigenvalue weighted by molar-refractivity contribution is 4.96. The molecule has 1 saturated carbocycles. The van der Waals surface area contributed by atoms with Gasteiger partial charge in [0.05, 0.1) is 6.61 Å². The van der Waals surface area contributed by atoms with Crippen LogP contribution in [-0.2, 0) is 4.74 Å². The predicted molar refractivity (Wildman–Crippen MR) is 64.6 cm³/mol. The van der Waals surface area contributed by atoms with Crippen molar-refractivity contribution >= 4 is 0 Å². The smallest absolute Gasteiger partial charge is 0.0647 e. The van der Waals surface area contributed by atoms with Crippen LogP contribution in [0.4, 0.5) is 0 Å². The molecule has 3 rings (SSSR count). The predicted octanol–water partition coefficient (Wildman–Crippen LogP) is 1.38. The molecular weight excluding hydrogens is 200 g/mol. The first-order chi connectivity index (χ1) is 7.76. The van der Waals surface area contributed by atoms with Gasteiger partial charge in [-0.15, -0.1) is 0 Å². The van der Waals surface area contributed by atoms with Crippen LogP contribution in [0.3, 0.4) is 0 Å². The summed E-state index contributed by atoms with van der Waals surface area (Å²) in [6.45, 7) is 6.77. The standard InChI is InChI=1S/C13H24N2O/c1-13(6-2-8-16-10-13)15-7-5-12(9-15)14-11-3-4-11/h11-12,14H,2-10H2,1H3. The molecule has 3 aliphatic rings. The van der Waals surface area contributed by atoms with Crippen LogP contribution in [0.2, 0.25) is 0 Å². The lowest BCUT2D eigenvalue weighted by atomic mass is 9.93. The molecule has 2 atom stereocenters. The van der Waals surface area contributed by atoms with Crippen LogP contribution in [0.15, 0.2) is 0 Å². The monoisotopic (exact) mass is 224 g/mol. The zero-order valence-electron chi connectivity index (χ0n) is 10.4. The normalized spacial score (nSPS) is 41.4. The fraction of sp³-hybridized carbons (Fsp3) is 1.00. The van der Waals surface area contributed by atoms with Crippen molar-refractivity contribution in [2.45, 2.75) is 56.7 Å². The third kappa shape index (κ3) is 2.27. The molecule has 0 radical (unpaired) electrons. The van der Waals surface area contributed by atoms with Crippen molar-refractivity contribution < 1.29 is 4.74 Å². The second-order valence-corrected chi connectivity index (χ2v) is 6.03. The third-order valence-corrected chi connectivity index (χ3v) is 4.42. The highest BCUT2D eigenvalue weighted by Gasteiger charge is 2.39. The van der Waals surface area contributed by atoms with Gasteiger partial charge in [0.25, 0.3) is 0 Å². The third-order valence-electron chi connectivity index (χ3n) is 4.42. The summed E-state index contributed by atoms with van der Waals surface area (Å²) in [4.78, 5) is 2.66. The van der Waals surface area contributed by atoms with Crippen LogP contribution in [-0.4, -0.2) is 48.8 Å². The maximum atomic E-state index is 5.66. The number of nitrogens with zero attached hydrogens (tertiary/aromatic N) is 1. The number of hydrogen-bond acceptors (Lipinski definition) is 3. The van der Waals surface area contributed by atoms with E-state index in [1.807, 2.05) is 0 Å². The van der Waals surface area contributed by atoms with E-state index in [-0.39, 0.29) is 0 Å². The highest BCUT2D eigenvalue weighted by atomic mass is 16.5. The summed E-state index contributed by atoms with van der Waals surface area (Å²) in [6.07, 6.45) is 6.66. The summed E-state index contributed by atoms with van der Waals surface area (Å²) in [6, 6.07) is 1.59. The van der Waals surface area contributed by atoms with Gasteiger partial charge in [0.2, 0.25) is 0 Å². The zero-order chi connectivity index (χ0) is 11.0. The van der Waals surface area contributed by atoms with Crippen LogP contribution in [0.1, 0.15) is 39.0 Å². The fourth-order valence-corrected chi connectivity index (χ4v) is 3.14. The second-order valence-electron chi connectivity index (χ2n) is 6.03. The minimum absolute atomic E-state index is 0.318.